The van der Waals surface area contributed by atoms with Crippen molar-refractivity contribution in [3.8, 4) is 0 Å². The summed E-state index contributed by atoms with van der Waals surface area (Å²) >= 11 is 9.38. The van der Waals surface area contributed by atoms with Gasteiger partial charge in [-0.3, -0.25) is 0 Å². The van der Waals surface area contributed by atoms with E-state index in [0.29, 0.717) is 0 Å². The summed E-state index contributed by atoms with van der Waals surface area (Å²) in [5.74, 6) is 0. The van der Waals surface area contributed by atoms with Crippen LogP contribution in [0, 0.1) is 6.92 Å². The minimum absolute atomic E-state index is 0.0722. The Morgan fingerprint density at radius 3 is 2.62 bits per heavy atom. The second kappa shape index (κ2) is 2.97. The number of rotatable bonds is 1. The second-order valence-electron chi connectivity index (χ2n) is 3.74. The van der Waals surface area contributed by atoms with E-state index in [2.05, 4.69) is 22.9 Å². The predicted molar refractivity (Wildman–Crippen MR) is 59.0 cm³/mol. The highest BCUT2D eigenvalue weighted by atomic mass is 79.9. The molecule has 0 heterocycles. The number of nitrogens with two attached hydrogens (primary N) is 1. The molecule has 1 aromatic carbocycles. The van der Waals surface area contributed by atoms with Crippen LogP contribution < -0.4 is 5.73 Å². The molecule has 70 valence electrons. The molecule has 2 N–H and O–H groups in total. The molecule has 0 saturated heterocycles. The fraction of sp³-hybridized carbons (Fsp3) is 0.400. The minimum atomic E-state index is -0.0722. The minimum Gasteiger partial charge on any atom is -0.321 e. The van der Waals surface area contributed by atoms with Gasteiger partial charge in [-0.25, -0.2) is 0 Å². The van der Waals surface area contributed by atoms with E-state index in [0.717, 1.165) is 22.3 Å². The monoisotopic (exact) mass is 259 g/mol. The SMILES string of the molecule is Cc1cc(Cl)c(Br)cc1C1(N)CC1. The molecule has 1 aliphatic carbocycles. The maximum atomic E-state index is 6.12. The molecule has 0 unspecified atom stereocenters. The van der Waals surface area contributed by atoms with Crippen molar-refractivity contribution >= 4 is 27.5 Å². The summed E-state index contributed by atoms with van der Waals surface area (Å²) in [5.41, 5.74) is 8.47. The van der Waals surface area contributed by atoms with Gasteiger partial charge in [-0.05, 0) is 59.0 Å². The number of hydrogen-bond donors (Lipinski definition) is 1. The Labute approximate surface area is 91.4 Å². The highest BCUT2D eigenvalue weighted by molar-refractivity contribution is 9.10. The van der Waals surface area contributed by atoms with Gasteiger partial charge < -0.3 is 5.73 Å². The highest BCUT2D eigenvalue weighted by Gasteiger charge is 2.41. The molecule has 0 radical (unpaired) electrons. The molecular weight excluding hydrogens is 249 g/mol. The fourth-order valence-electron chi connectivity index (χ4n) is 1.59. The molecule has 3 heteroatoms. The van der Waals surface area contributed by atoms with E-state index in [-0.39, 0.29) is 5.54 Å². The lowest BCUT2D eigenvalue weighted by Gasteiger charge is -2.13. The van der Waals surface area contributed by atoms with E-state index in [1.54, 1.807) is 0 Å². The van der Waals surface area contributed by atoms with E-state index >= 15 is 0 Å². The van der Waals surface area contributed by atoms with Gasteiger partial charge in [0.1, 0.15) is 0 Å². The molecule has 2 rings (SSSR count). The van der Waals surface area contributed by atoms with Crippen LogP contribution in [0.15, 0.2) is 16.6 Å². The van der Waals surface area contributed by atoms with Crippen LogP contribution in [-0.4, -0.2) is 0 Å². The summed E-state index contributed by atoms with van der Waals surface area (Å²) in [7, 11) is 0. The van der Waals surface area contributed by atoms with Crippen LogP contribution in [0.2, 0.25) is 5.02 Å². The first-order valence-electron chi connectivity index (χ1n) is 4.28. The van der Waals surface area contributed by atoms with Crippen molar-refractivity contribution < 1.29 is 0 Å². The first-order chi connectivity index (χ1) is 6.03. The molecule has 0 bridgehead atoms. The molecule has 0 amide bonds. The number of benzene rings is 1. The number of aryl methyl sites for hydroxylation is 1. The standard InChI is InChI=1S/C10H11BrClN/c1-6-4-9(12)8(11)5-7(6)10(13)2-3-10/h4-5H,2-3,13H2,1H3. The van der Waals surface area contributed by atoms with Gasteiger partial charge in [0.25, 0.3) is 0 Å². The zero-order valence-electron chi connectivity index (χ0n) is 7.40. The van der Waals surface area contributed by atoms with Gasteiger partial charge in [0.2, 0.25) is 0 Å². The molecule has 13 heavy (non-hydrogen) atoms. The van der Waals surface area contributed by atoms with Crippen LogP contribution in [0.3, 0.4) is 0 Å². The van der Waals surface area contributed by atoms with E-state index in [4.69, 9.17) is 17.3 Å². The van der Waals surface area contributed by atoms with Gasteiger partial charge in [0.05, 0.1) is 5.02 Å². The summed E-state index contributed by atoms with van der Waals surface area (Å²) in [6, 6.07) is 4.01. The molecule has 1 saturated carbocycles. The van der Waals surface area contributed by atoms with Crippen molar-refractivity contribution in [2.45, 2.75) is 25.3 Å². The van der Waals surface area contributed by atoms with E-state index < -0.39 is 0 Å². The summed E-state index contributed by atoms with van der Waals surface area (Å²) in [6.45, 7) is 2.06. The van der Waals surface area contributed by atoms with Crippen molar-refractivity contribution in [3.05, 3.63) is 32.8 Å². The van der Waals surface area contributed by atoms with Crippen LogP contribution in [0.1, 0.15) is 24.0 Å². The lowest BCUT2D eigenvalue weighted by atomic mass is 10.0. The maximum absolute atomic E-state index is 6.12. The third kappa shape index (κ3) is 1.63. The fourth-order valence-corrected chi connectivity index (χ4v) is 2.15. The third-order valence-corrected chi connectivity index (χ3v) is 3.79. The Morgan fingerprint density at radius 2 is 2.08 bits per heavy atom. The van der Waals surface area contributed by atoms with Gasteiger partial charge in [-0.2, -0.15) is 0 Å². The molecule has 1 fully saturated rings. The van der Waals surface area contributed by atoms with Gasteiger partial charge in [0, 0.05) is 10.0 Å². The van der Waals surface area contributed by atoms with Crippen LogP contribution in [0.5, 0.6) is 0 Å². The molecule has 0 atom stereocenters. The molecular formula is C10H11BrClN. The molecule has 0 aliphatic heterocycles. The number of halogens is 2. The Morgan fingerprint density at radius 1 is 1.46 bits per heavy atom. The smallest absolute Gasteiger partial charge is 0.0550 e. The van der Waals surface area contributed by atoms with Crippen molar-refractivity contribution in [1.82, 2.24) is 0 Å². The predicted octanol–water partition coefficient (Wildman–Crippen LogP) is 3.36. The average Bonchev–Trinajstić information content (AvgIpc) is 2.77. The Balaban J connectivity index is 2.52. The maximum Gasteiger partial charge on any atom is 0.0550 e. The molecule has 0 aromatic heterocycles. The second-order valence-corrected chi connectivity index (χ2v) is 5.00. The summed E-state index contributed by atoms with van der Waals surface area (Å²) in [6.07, 6.45) is 2.17. The van der Waals surface area contributed by atoms with Crippen molar-refractivity contribution in [3.63, 3.8) is 0 Å². The van der Waals surface area contributed by atoms with Crippen LogP contribution in [0.4, 0.5) is 0 Å². The lowest BCUT2D eigenvalue weighted by Crippen LogP contribution is -2.19. The van der Waals surface area contributed by atoms with Crippen LogP contribution in [0.25, 0.3) is 0 Å². The summed E-state index contributed by atoms with van der Waals surface area (Å²) in [4.78, 5) is 0. The molecule has 0 spiro atoms. The first-order valence-corrected chi connectivity index (χ1v) is 5.45. The van der Waals surface area contributed by atoms with E-state index in [9.17, 15) is 0 Å². The molecule has 1 aromatic rings. The van der Waals surface area contributed by atoms with E-state index in [1.165, 1.54) is 11.1 Å². The molecule has 1 aliphatic rings. The quantitative estimate of drug-likeness (QED) is 0.823. The number of hydrogen-bond acceptors (Lipinski definition) is 1. The van der Waals surface area contributed by atoms with Gasteiger partial charge in [-0.1, -0.05) is 11.6 Å². The van der Waals surface area contributed by atoms with Crippen molar-refractivity contribution in [1.29, 1.82) is 0 Å². The third-order valence-electron chi connectivity index (χ3n) is 2.59. The van der Waals surface area contributed by atoms with E-state index in [1.807, 2.05) is 12.1 Å². The lowest BCUT2D eigenvalue weighted by molar-refractivity contribution is 0.732. The first kappa shape index (κ1) is 9.50. The van der Waals surface area contributed by atoms with Crippen molar-refractivity contribution in [2.24, 2.45) is 5.73 Å². The van der Waals surface area contributed by atoms with Crippen LogP contribution in [-0.2, 0) is 5.54 Å². The summed E-state index contributed by atoms with van der Waals surface area (Å²) in [5, 5.41) is 0.755. The van der Waals surface area contributed by atoms with Gasteiger partial charge >= 0.3 is 0 Å². The summed E-state index contributed by atoms with van der Waals surface area (Å²) < 4.78 is 0.937. The van der Waals surface area contributed by atoms with Crippen molar-refractivity contribution in [2.75, 3.05) is 0 Å². The average molecular weight is 261 g/mol. The zero-order chi connectivity index (χ0) is 9.64. The zero-order valence-corrected chi connectivity index (χ0v) is 9.74. The Kier molecular flexibility index (Phi) is 2.17. The Bertz CT molecular complexity index is 358. The van der Waals surface area contributed by atoms with Crippen LogP contribution >= 0.6 is 27.5 Å². The molecule has 1 nitrogen and oxygen atoms in total. The largest absolute Gasteiger partial charge is 0.321 e. The highest BCUT2D eigenvalue weighted by Crippen LogP contribution is 2.45. The normalized spacial score (nSPS) is 18.8. The topological polar surface area (TPSA) is 26.0 Å². The van der Waals surface area contributed by atoms with Gasteiger partial charge in [0.15, 0.2) is 0 Å². The Hall–Kier alpha value is -0.0500. The van der Waals surface area contributed by atoms with Gasteiger partial charge in [-0.15, -0.1) is 0 Å².